The second kappa shape index (κ2) is 8.57. The summed E-state index contributed by atoms with van der Waals surface area (Å²) in [6.07, 6.45) is 0.112. The number of amides is 1. The molecule has 1 aromatic heterocycles. The Bertz CT molecular complexity index is 998. The SMILES string of the molecule is COc1ccc(-c2noc(CC(=O)N3CCN(c4ccc(C)cc4)[C@H](C)C3)n2)cc1. The summed E-state index contributed by atoms with van der Waals surface area (Å²) in [5.74, 6) is 1.57. The first-order valence-corrected chi connectivity index (χ1v) is 10.1. The maximum absolute atomic E-state index is 12.8. The average Bonchev–Trinajstić information content (AvgIpc) is 3.23. The highest BCUT2D eigenvalue weighted by Gasteiger charge is 2.28. The standard InChI is InChI=1S/C23H26N4O3/c1-16-4-8-19(9-5-16)27-13-12-26(15-17(27)2)22(28)14-21-24-23(25-30-21)18-6-10-20(29-3)11-7-18/h4-11,17H,12-15H2,1-3H3/t17-/m1/s1. The minimum atomic E-state index is 0.00957. The van der Waals surface area contributed by atoms with Crippen molar-refractivity contribution in [2.75, 3.05) is 31.6 Å². The maximum atomic E-state index is 12.8. The lowest BCUT2D eigenvalue weighted by Gasteiger charge is -2.41. The number of anilines is 1. The third-order valence-electron chi connectivity index (χ3n) is 5.46. The Hall–Kier alpha value is -3.35. The van der Waals surface area contributed by atoms with Gasteiger partial charge in [0.25, 0.3) is 0 Å². The second-order valence-corrected chi connectivity index (χ2v) is 7.63. The molecule has 0 unspecified atom stereocenters. The number of methoxy groups -OCH3 is 1. The molecule has 2 heterocycles. The first-order chi connectivity index (χ1) is 14.5. The summed E-state index contributed by atoms with van der Waals surface area (Å²) in [6, 6.07) is 16.2. The van der Waals surface area contributed by atoms with Gasteiger partial charge in [-0.2, -0.15) is 4.98 Å². The zero-order valence-electron chi connectivity index (χ0n) is 17.5. The van der Waals surface area contributed by atoms with Crippen LogP contribution in [0.25, 0.3) is 11.4 Å². The van der Waals surface area contributed by atoms with Crippen LogP contribution in [-0.2, 0) is 11.2 Å². The Kier molecular flexibility index (Phi) is 5.70. The van der Waals surface area contributed by atoms with Gasteiger partial charge in [-0.3, -0.25) is 4.79 Å². The number of aromatic nitrogens is 2. The van der Waals surface area contributed by atoms with Gasteiger partial charge in [0.2, 0.25) is 17.6 Å². The maximum Gasteiger partial charge on any atom is 0.236 e. The molecule has 1 aliphatic rings. The van der Waals surface area contributed by atoms with Crippen molar-refractivity contribution in [1.82, 2.24) is 15.0 Å². The topological polar surface area (TPSA) is 71.7 Å². The van der Waals surface area contributed by atoms with Gasteiger partial charge in [-0.05, 0) is 50.2 Å². The molecule has 1 aliphatic heterocycles. The van der Waals surface area contributed by atoms with Crippen molar-refractivity contribution in [1.29, 1.82) is 0 Å². The smallest absolute Gasteiger partial charge is 0.236 e. The van der Waals surface area contributed by atoms with E-state index in [1.165, 1.54) is 11.3 Å². The first kappa shape index (κ1) is 19.9. The molecule has 0 aliphatic carbocycles. The van der Waals surface area contributed by atoms with E-state index in [1.54, 1.807) is 7.11 Å². The molecule has 0 radical (unpaired) electrons. The van der Waals surface area contributed by atoms with E-state index in [0.717, 1.165) is 17.9 Å². The molecule has 7 heteroatoms. The number of carbonyl (C=O) groups excluding carboxylic acids is 1. The number of hydrogen-bond donors (Lipinski definition) is 0. The number of rotatable bonds is 5. The summed E-state index contributed by atoms with van der Waals surface area (Å²) < 4.78 is 10.5. The third-order valence-corrected chi connectivity index (χ3v) is 5.46. The summed E-state index contributed by atoms with van der Waals surface area (Å²) >= 11 is 0. The Labute approximate surface area is 176 Å². The van der Waals surface area contributed by atoms with Gasteiger partial charge in [0.05, 0.1) is 7.11 Å². The van der Waals surface area contributed by atoms with Crippen LogP contribution in [0.1, 0.15) is 18.4 Å². The van der Waals surface area contributed by atoms with Gasteiger partial charge in [0.1, 0.15) is 12.2 Å². The van der Waals surface area contributed by atoms with E-state index in [1.807, 2.05) is 29.2 Å². The Balaban J connectivity index is 1.36. The Morgan fingerprint density at radius 3 is 2.53 bits per heavy atom. The lowest BCUT2D eigenvalue weighted by molar-refractivity contribution is -0.131. The molecular weight excluding hydrogens is 380 g/mol. The molecule has 1 atom stereocenters. The van der Waals surface area contributed by atoms with Crippen LogP contribution >= 0.6 is 0 Å². The van der Waals surface area contributed by atoms with E-state index in [4.69, 9.17) is 9.26 Å². The predicted molar refractivity (Wildman–Crippen MR) is 115 cm³/mol. The number of carbonyl (C=O) groups is 1. The van der Waals surface area contributed by atoms with Gasteiger partial charge < -0.3 is 19.1 Å². The van der Waals surface area contributed by atoms with Crippen molar-refractivity contribution in [2.24, 2.45) is 0 Å². The van der Waals surface area contributed by atoms with E-state index >= 15 is 0 Å². The zero-order chi connectivity index (χ0) is 21.1. The lowest BCUT2D eigenvalue weighted by atomic mass is 10.1. The van der Waals surface area contributed by atoms with E-state index in [-0.39, 0.29) is 18.4 Å². The fraction of sp³-hybridized carbons (Fsp3) is 0.348. The lowest BCUT2D eigenvalue weighted by Crippen LogP contribution is -2.54. The van der Waals surface area contributed by atoms with E-state index in [9.17, 15) is 4.79 Å². The minimum absolute atomic E-state index is 0.00957. The molecule has 1 fully saturated rings. The van der Waals surface area contributed by atoms with Gasteiger partial charge in [0, 0.05) is 36.9 Å². The largest absolute Gasteiger partial charge is 0.497 e. The van der Waals surface area contributed by atoms with Crippen LogP contribution < -0.4 is 9.64 Å². The van der Waals surface area contributed by atoms with Gasteiger partial charge in [-0.15, -0.1) is 0 Å². The van der Waals surface area contributed by atoms with Crippen LogP contribution in [0.2, 0.25) is 0 Å². The fourth-order valence-corrected chi connectivity index (χ4v) is 3.73. The number of hydrogen-bond acceptors (Lipinski definition) is 6. The van der Waals surface area contributed by atoms with Crippen molar-refractivity contribution in [3.05, 3.63) is 60.0 Å². The van der Waals surface area contributed by atoms with E-state index in [0.29, 0.717) is 24.8 Å². The number of nitrogens with zero attached hydrogens (tertiary/aromatic N) is 4. The second-order valence-electron chi connectivity index (χ2n) is 7.63. The summed E-state index contributed by atoms with van der Waals surface area (Å²) in [4.78, 5) is 21.4. The molecule has 156 valence electrons. The predicted octanol–water partition coefficient (Wildman–Crippen LogP) is 3.33. The highest BCUT2D eigenvalue weighted by atomic mass is 16.5. The number of piperazine rings is 1. The van der Waals surface area contributed by atoms with Crippen molar-refractivity contribution in [2.45, 2.75) is 26.3 Å². The molecule has 3 aromatic rings. The van der Waals surface area contributed by atoms with Crippen LogP contribution in [0, 0.1) is 6.92 Å². The van der Waals surface area contributed by atoms with Gasteiger partial charge in [-0.1, -0.05) is 22.9 Å². The zero-order valence-corrected chi connectivity index (χ0v) is 17.5. The molecule has 1 saturated heterocycles. The monoisotopic (exact) mass is 406 g/mol. The summed E-state index contributed by atoms with van der Waals surface area (Å²) in [5.41, 5.74) is 3.26. The van der Waals surface area contributed by atoms with Crippen molar-refractivity contribution in [3.63, 3.8) is 0 Å². The normalized spacial score (nSPS) is 16.6. The molecule has 1 amide bonds. The number of ether oxygens (including phenoxy) is 1. The first-order valence-electron chi connectivity index (χ1n) is 10.1. The van der Waals surface area contributed by atoms with Gasteiger partial charge >= 0.3 is 0 Å². The van der Waals surface area contributed by atoms with E-state index in [2.05, 4.69) is 53.2 Å². The Morgan fingerprint density at radius 2 is 1.87 bits per heavy atom. The van der Waals surface area contributed by atoms with Crippen molar-refractivity contribution in [3.8, 4) is 17.1 Å². The molecule has 30 heavy (non-hydrogen) atoms. The molecule has 7 nitrogen and oxygen atoms in total. The molecule has 0 saturated carbocycles. The van der Waals surface area contributed by atoms with Crippen LogP contribution in [0.5, 0.6) is 5.75 Å². The number of aryl methyl sites for hydroxylation is 1. The fourth-order valence-electron chi connectivity index (χ4n) is 3.73. The van der Waals surface area contributed by atoms with Crippen molar-refractivity contribution >= 4 is 11.6 Å². The quantitative estimate of drug-likeness (QED) is 0.647. The van der Waals surface area contributed by atoms with Crippen molar-refractivity contribution < 1.29 is 14.1 Å². The molecular formula is C23H26N4O3. The molecule has 0 spiro atoms. The molecule has 0 bridgehead atoms. The van der Waals surface area contributed by atoms with Crippen LogP contribution in [0.4, 0.5) is 5.69 Å². The molecule has 4 rings (SSSR count). The third kappa shape index (κ3) is 4.30. The summed E-state index contributed by atoms with van der Waals surface area (Å²) in [7, 11) is 1.62. The highest BCUT2D eigenvalue weighted by Crippen LogP contribution is 2.22. The summed E-state index contributed by atoms with van der Waals surface area (Å²) in [5, 5.41) is 4.01. The molecule has 0 N–H and O–H groups in total. The van der Waals surface area contributed by atoms with Gasteiger partial charge in [-0.25, -0.2) is 0 Å². The minimum Gasteiger partial charge on any atom is -0.497 e. The van der Waals surface area contributed by atoms with Crippen LogP contribution in [0.15, 0.2) is 53.1 Å². The van der Waals surface area contributed by atoms with E-state index < -0.39 is 0 Å². The Morgan fingerprint density at radius 1 is 1.13 bits per heavy atom. The average molecular weight is 406 g/mol. The van der Waals surface area contributed by atoms with Crippen LogP contribution in [-0.4, -0.2) is 53.7 Å². The van der Waals surface area contributed by atoms with Crippen LogP contribution in [0.3, 0.4) is 0 Å². The summed E-state index contributed by atoms with van der Waals surface area (Å²) in [6.45, 7) is 6.38. The molecule has 2 aromatic carbocycles. The number of benzene rings is 2. The van der Waals surface area contributed by atoms with Gasteiger partial charge in [0.15, 0.2) is 0 Å². The highest BCUT2D eigenvalue weighted by molar-refractivity contribution is 5.78.